The fourth-order valence-electron chi connectivity index (χ4n) is 3.66. The molecule has 0 atom stereocenters. The van der Waals surface area contributed by atoms with Crippen LogP contribution < -0.4 is 15.1 Å². The van der Waals surface area contributed by atoms with Crippen LogP contribution in [-0.2, 0) is 0 Å². The van der Waals surface area contributed by atoms with Crippen LogP contribution >= 0.6 is 0 Å². The summed E-state index contributed by atoms with van der Waals surface area (Å²) in [6, 6.07) is 20.4. The largest absolute Gasteiger partial charge is 0.368 e. The molecule has 4 rings (SSSR count). The van der Waals surface area contributed by atoms with Crippen LogP contribution in [0.25, 0.3) is 0 Å². The number of pyridine rings is 1. The van der Waals surface area contributed by atoms with Crippen molar-refractivity contribution in [2.24, 2.45) is 0 Å². The highest BCUT2D eigenvalue weighted by Crippen LogP contribution is 2.22. The lowest BCUT2D eigenvalue weighted by Gasteiger charge is -2.37. The van der Waals surface area contributed by atoms with Gasteiger partial charge in [-0.2, -0.15) is 0 Å². The number of nitrogens with one attached hydrogen (secondary N) is 1. The van der Waals surface area contributed by atoms with Gasteiger partial charge in [-0.3, -0.25) is 9.78 Å². The zero-order valence-corrected chi connectivity index (χ0v) is 16.9. The fourth-order valence-corrected chi connectivity index (χ4v) is 3.66. The summed E-state index contributed by atoms with van der Waals surface area (Å²) >= 11 is 0. The zero-order chi connectivity index (χ0) is 20.2. The Morgan fingerprint density at radius 1 is 0.862 bits per heavy atom. The Morgan fingerprint density at radius 3 is 2.28 bits per heavy atom. The third-order valence-corrected chi connectivity index (χ3v) is 5.38. The standard InChI is InChI=1S/C24H26N4O/c1-18-8-9-19(2)22(16-18)26-24(29)23-17-21(10-11-25-23)28-14-12-27(13-15-28)20-6-4-3-5-7-20/h3-11,16-17H,12-15H2,1-2H3,(H,26,29). The Kier molecular flexibility index (Phi) is 5.47. The van der Waals surface area contributed by atoms with E-state index >= 15 is 0 Å². The maximum Gasteiger partial charge on any atom is 0.274 e. The molecule has 0 saturated carbocycles. The van der Waals surface area contributed by atoms with Crippen molar-refractivity contribution >= 4 is 23.0 Å². The van der Waals surface area contributed by atoms with Gasteiger partial charge in [0.15, 0.2) is 0 Å². The number of piperazine rings is 1. The molecular weight excluding hydrogens is 360 g/mol. The van der Waals surface area contributed by atoms with E-state index in [-0.39, 0.29) is 5.91 Å². The summed E-state index contributed by atoms with van der Waals surface area (Å²) in [5.74, 6) is -0.177. The monoisotopic (exact) mass is 386 g/mol. The minimum absolute atomic E-state index is 0.177. The topological polar surface area (TPSA) is 48.5 Å². The lowest BCUT2D eigenvalue weighted by molar-refractivity contribution is 0.102. The van der Waals surface area contributed by atoms with E-state index in [9.17, 15) is 4.79 Å². The van der Waals surface area contributed by atoms with E-state index in [1.165, 1.54) is 5.69 Å². The molecule has 5 heteroatoms. The third-order valence-electron chi connectivity index (χ3n) is 5.38. The molecule has 0 unspecified atom stereocenters. The molecule has 1 aliphatic heterocycles. The predicted molar refractivity (Wildman–Crippen MR) is 119 cm³/mol. The number of carbonyl (C=O) groups is 1. The van der Waals surface area contributed by atoms with Crippen molar-refractivity contribution in [3.63, 3.8) is 0 Å². The number of carbonyl (C=O) groups excluding carboxylic acids is 1. The van der Waals surface area contributed by atoms with Gasteiger partial charge in [0, 0.05) is 49.4 Å². The molecule has 1 N–H and O–H groups in total. The number of rotatable bonds is 4. The SMILES string of the molecule is Cc1ccc(C)c(NC(=O)c2cc(N3CCN(c4ccccc4)CC3)ccn2)c1. The number of aryl methyl sites for hydroxylation is 2. The number of para-hydroxylation sites is 1. The molecule has 3 aromatic rings. The number of aromatic nitrogens is 1. The van der Waals surface area contributed by atoms with Crippen molar-refractivity contribution in [3.8, 4) is 0 Å². The second-order valence-corrected chi connectivity index (χ2v) is 7.48. The minimum Gasteiger partial charge on any atom is -0.368 e. The molecule has 0 aliphatic carbocycles. The lowest BCUT2D eigenvalue weighted by Crippen LogP contribution is -2.46. The van der Waals surface area contributed by atoms with Crippen LogP contribution in [0.1, 0.15) is 21.6 Å². The number of amides is 1. The van der Waals surface area contributed by atoms with Gasteiger partial charge in [-0.15, -0.1) is 0 Å². The molecule has 1 amide bonds. The van der Waals surface area contributed by atoms with Gasteiger partial charge < -0.3 is 15.1 Å². The van der Waals surface area contributed by atoms with Crippen LogP contribution in [0.5, 0.6) is 0 Å². The average molecular weight is 386 g/mol. The molecule has 1 saturated heterocycles. The summed E-state index contributed by atoms with van der Waals surface area (Å²) in [6.07, 6.45) is 1.72. The predicted octanol–water partition coefficient (Wildman–Crippen LogP) is 4.28. The molecular formula is C24H26N4O. The van der Waals surface area contributed by atoms with Gasteiger partial charge in [0.1, 0.15) is 5.69 Å². The highest BCUT2D eigenvalue weighted by atomic mass is 16.1. The van der Waals surface area contributed by atoms with Crippen molar-refractivity contribution in [1.29, 1.82) is 0 Å². The van der Waals surface area contributed by atoms with Crippen LogP contribution in [-0.4, -0.2) is 37.1 Å². The maximum absolute atomic E-state index is 12.7. The highest BCUT2D eigenvalue weighted by molar-refractivity contribution is 6.03. The Balaban J connectivity index is 1.44. The number of benzene rings is 2. The number of nitrogens with zero attached hydrogens (tertiary/aromatic N) is 3. The van der Waals surface area contributed by atoms with Gasteiger partial charge in [0.25, 0.3) is 5.91 Å². The Hall–Kier alpha value is -3.34. The number of hydrogen-bond donors (Lipinski definition) is 1. The molecule has 0 bridgehead atoms. The molecule has 29 heavy (non-hydrogen) atoms. The van der Waals surface area contributed by atoms with E-state index in [4.69, 9.17) is 0 Å². The van der Waals surface area contributed by atoms with Crippen LogP contribution in [0.4, 0.5) is 17.1 Å². The normalized spacial score (nSPS) is 14.0. The molecule has 1 aliphatic rings. The van der Waals surface area contributed by atoms with E-state index in [1.54, 1.807) is 6.20 Å². The third kappa shape index (κ3) is 4.40. The molecule has 1 fully saturated rings. The Labute approximate surface area is 172 Å². The van der Waals surface area contributed by atoms with Gasteiger partial charge in [0.05, 0.1) is 0 Å². The summed E-state index contributed by atoms with van der Waals surface area (Å²) in [6.45, 7) is 7.74. The van der Waals surface area contributed by atoms with Crippen LogP contribution in [0.2, 0.25) is 0 Å². The maximum atomic E-state index is 12.7. The molecule has 2 heterocycles. The Bertz CT molecular complexity index is 995. The van der Waals surface area contributed by atoms with Gasteiger partial charge in [-0.25, -0.2) is 0 Å². The minimum atomic E-state index is -0.177. The first kappa shape index (κ1) is 19.0. The van der Waals surface area contributed by atoms with E-state index < -0.39 is 0 Å². The zero-order valence-electron chi connectivity index (χ0n) is 16.9. The van der Waals surface area contributed by atoms with Gasteiger partial charge >= 0.3 is 0 Å². The van der Waals surface area contributed by atoms with Crippen LogP contribution in [0, 0.1) is 13.8 Å². The first-order chi connectivity index (χ1) is 14.1. The van der Waals surface area contributed by atoms with Gasteiger partial charge in [-0.05, 0) is 55.3 Å². The number of hydrogen-bond acceptors (Lipinski definition) is 4. The van der Waals surface area contributed by atoms with E-state index in [2.05, 4.69) is 44.4 Å². The Morgan fingerprint density at radius 2 is 1.55 bits per heavy atom. The first-order valence-corrected chi connectivity index (χ1v) is 10.00. The first-order valence-electron chi connectivity index (χ1n) is 10.00. The molecule has 5 nitrogen and oxygen atoms in total. The van der Waals surface area contributed by atoms with Crippen molar-refractivity contribution in [2.75, 3.05) is 41.3 Å². The van der Waals surface area contributed by atoms with Gasteiger partial charge in [-0.1, -0.05) is 30.3 Å². The van der Waals surface area contributed by atoms with Crippen molar-refractivity contribution < 1.29 is 4.79 Å². The van der Waals surface area contributed by atoms with Gasteiger partial charge in [0.2, 0.25) is 0 Å². The lowest BCUT2D eigenvalue weighted by atomic mass is 10.1. The quantitative estimate of drug-likeness (QED) is 0.727. The molecule has 148 valence electrons. The summed E-state index contributed by atoms with van der Waals surface area (Å²) in [4.78, 5) is 21.8. The van der Waals surface area contributed by atoms with Crippen LogP contribution in [0.15, 0.2) is 66.9 Å². The summed E-state index contributed by atoms with van der Waals surface area (Å²) in [5, 5.41) is 3.00. The number of anilines is 3. The summed E-state index contributed by atoms with van der Waals surface area (Å²) in [5.41, 5.74) is 5.72. The smallest absolute Gasteiger partial charge is 0.274 e. The summed E-state index contributed by atoms with van der Waals surface area (Å²) < 4.78 is 0. The average Bonchev–Trinajstić information content (AvgIpc) is 2.77. The van der Waals surface area contributed by atoms with E-state index in [0.29, 0.717) is 5.69 Å². The highest BCUT2D eigenvalue weighted by Gasteiger charge is 2.19. The van der Waals surface area contributed by atoms with Crippen LogP contribution in [0.3, 0.4) is 0 Å². The molecule has 1 aromatic heterocycles. The second kappa shape index (κ2) is 8.35. The van der Waals surface area contributed by atoms with Crippen molar-refractivity contribution in [1.82, 2.24) is 4.98 Å². The van der Waals surface area contributed by atoms with Crippen molar-refractivity contribution in [2.45, 2.75) is 13.8 Å². The van der Waals surface area contributed by atoms with Crippen molar-refractivity contribution in [3.05, 3.63) is 83.7 Å². The van der Waals surface area contributed by atoms with E-state index in [0.717, 1.165) is 48.7 Å². The van der Waals surface area contributed by atoms with E-state index in [1.807, 2.05) is 50.2 Å². The summed E-state index contributed by atoms with van der Waals surface area (Å²) in [7, 11) is 0. The molecule has 0 spiro atoms. The molecule has 2 aromatic carbocycles. The fraction of sp³-hybridized carbons (Fsp3) is 0.250. The molecule has 0 radical (unpaired) electrons. The second-order valence-electron chi connectivity index (χ2n) is 7.48.